The van der Waals surface area contributed by atoms with Crippen molar-refractivity contribution in [2.75, 3.05) is 12.8 Å². The number of hydrogen-bond acceptors (Lipinski definition) is 7. The number of hydrogen-bond donors (Lipinski definition) is 1. The molecule has 2 aromatic rings. The summed E-state index contributed by atoms with van der Waals surface area (Å²) in [5, 5.41) is 12.5. The Morgan fingerprint density at radius 2 is 1.68 bits per heavy atom. The number of nitrogens with zero attached hydrogens (tertiary/aromatic N) is 2. The first-order chi connectivity index (χ1) is 17.3. The molecule has 1 heterocycles. The van der Waals surface area contributed by atoms with Crippen molar-refractivity contribution in [2.45, 2.75) is 64.1 Å². The summed E-state index contributed by atoms with van der Waals surface area (Å²) in [6, 6.07) is 14.9. The quantitative estimate of drug-likeness (QED) is 0.539. The lowest BCUT2D eigenvalue weighted by atomic mass is 9.99. The van der Waals surface area contributed by atoms with Crippen molar-refractivity contribution in [3.63, 3.8) is 0 Å². The van der Waals surface area contributed by atoms with Crippen LogP contribution in [-0.2, 0) is 26.1 Å². The average Bonchev–Trinajstić information content (AvgIpc) is 2.82. The number of nitriles is 1. The number of nitrogens with one attached hydrogen (secondary N) is 1. The topological polar surface area (TPSA) is 126 Å². The molecule has 2 unspecified atom stereocenters. The van der Waals surface area contributed by atoms with E-state index in [0.717, 1.165) is 35.8 Å². The first-order valence-electron chi connectivity index (χ1n) is 12.1. The zero-order valence-electron chi connectivity index (χ0n) is 21.6. The van der Waals surface area contributed by atoms with Gasteiger partial charge >= 0.3 is 16.2 Å². The fourth-order valence-corrected chi connectivity index (χ4v) is 4.55. The third-order valence-corrected chi connectivity index (χ3v) is 6.23. The van der Waals surface area contributed by atoms with E-state index < -0.39 is 33.9 Å². The fourth-order valence-electron chi connectivity index (χ4n) is 4.09. The maximum absolute atomic E-state index is 13.0. The van der Waals surface area contributed by atoms with Crippen molar-refractivity contribution in [1.29, 1.82) is 5.26 Å². The number of likely N-dealkylation sites (tertiary alicyclic amines) is 1. The molecule has 2 atom stereocenters. The molecular weight excluding hydrogens is 494 g/mol. The molecule has 2 amide bonds. The summed E-state index contributed by atoms with van der Waals surface area (Å²) in [6.45, 7) is 5.78. The lowest BCUT2D eigenvalue weighted by Crippen LogP contribution is -2.54. The molecule has 1 N–H and O–H groups in total. The average molecular weight is 528 g/mol. The second kappa shape index (κ2) is 11.6. The molecule has 9 nitrogen and oxygen atoms in total. The van der Waals surface area contributed by atoms with Crippen LogP contribution in [0.4, 0.5) is 4.79 Å². The molecule has 10 heteroatoms. The monoisotopic (exact) mass is 527 g/mol. The Bertz CT molecular complexity index is 1250. The minimum Gasteiger partial charge on any atom is -0.444 e. The van der Waals surface area contributed by atoms with Crippen molar-refractivity contribution in [3.8, 4) is 22.9 Å². The Hall–Kier alpha value is -3.58. The number of carbonyl (C=O) groups excluding carboxylic acids is 2. The van der Waals surface area contributed by atoms with Crippen molar-refractivity contribution in [3.05, 3.63) is 54.1 Å². The normalized spacial score (nSPS) is 16.8. The molecule has 0 aliphatic carbocycles. The summed E-state index contributed by atoms with van der Waals surface area (Å²) < 4.78 is 32.9. The van der Waals surface area contributed by atoms with Crippen LogP contribution >= 0.6 is 0 Å². The standard InChI is InChI=1S/C27H33N3O6S/c1-27(2,3)35-26(32)30-16-6-5-7-24(30)25(31)29-22(18-28)17-19-8-10-20(11-9-19)21-12-14-23(15-13-21)36-37(4,33)34/h8-15,22,24H,5-7,16-17H2,1-4H3,(H,29,31). The number of ether oxygens (including phenoxy) is 1. The first kappa shape index (κ1) is 28.0. The molecule has 3 rings (SSSR count). The lowest BCUT2D eigenvalue weighted by molar-refractivity contribution is -0.128. The molecule has 0 spiro atoms. The lowest BCUT2D eigenvalue weighted by Gasteiger charge is -2.36. The first-order valence-corrected chi connectivity index (χ1v) is 13.9. The van der Waals surface area contributed by atoms with Crippen molar-refractivity contribution in [1.82, 2.24) is 10.2 Å². The van der Waals surface area contributed by atoms with E-state index in [4.69, 9.17) is 8.92 Å². The highest BCUT2D eigenvalue weighted by Gasteiger charge is 2.35. The summed E-state index contributed by atoms with van der Waals surface area (Å²) in [4.78, 5) is 27.1. The molecule has 37 heavy (non-hydrogen) atoms. The van der Waals surface area contributed by atoms with Crippen molar-refractivity contribution in [2.24, 2.45) is 0 Å². The Labute approximate surface area is 218 Å². The molecule has 1 aliphatic heterocycles. The third kappa shape index (κ3) is 8.50. The van der Waals surface area contributed by atoms with Crippen LogP contribution in [0.5, 0.6) is 5.75 Å². The summed E-state index contributed by atoms with van der Waals surface area (Å²) in [7, 11) is -3.59. The van der Waals surface area contributed by atoms with Crippen molar-refractivity contribution < 1.29 is 26.9 Å². The van der Waals surface area contributed by atoms with Gasteiger partial charge in [0.15, 0.2) is 0 Å². The second-order valence-corrected chi connectivity index (χ2v) is 11.7. The SMILES string of the molecule is CC(C)(C)OC(=O)N1CCCCC1C(=O)NC(C#N)Cc1ccc(-c2ccc(OS(C)(=O)=O)cc2)cc1. The van der Waals surface area contributed by atoms with Crippen LogP contribution in [0.3, 0.4) is 0 Å². The maximum atomic E-state index is 13.0. The molecule has 0 radical (unpaired) electrons. The van der Waals surface area contributed by atoms with E-state index >= 15 is 0 Å². The fraction of sp³-hybridized carbons (Fsp3) is 0.444. The highest BCUT2D eigenvalue weighted by molar-refractivity contribution is 7.86. The Morgan fingerprint density at radius 3 is 2.22 bits per heavy atom. The molecule has 1 saturated heterocycles. The van der Waals surface area contributed by atoms with Gasteiger partial charge in [-0.3, -0.25) is 9.69 Å². The predicted octanol–water partition coefficient (Wildman–Crippen LogP) is 4.03. The number of carbonyl (C=O) groups is 2. The molecule has 0 saturated carbocycles. The number of rotatable bonds is 7. The zero-order chi connectivity index (χ0) is 27.2. The third-order valence-electron chi connectivity index (χ3n) is 5.73. The van der Waals surface area contributed by atoms with Gasteiger partial charge in [-0.1, -0.05) is 36.4 Å². The summed E-state index contributed by atoms with van der Waals surface area (Å²) in [6.07, 6.45) is 2.91. The molecule has 0 aromatic heterocycles. The molecule has 1 fully saturated rings. The highest BCUT2D eigenvalue weighted by Crippen LogP contribution is 2.24. The van der Waals surface area contributed by atoms with E-state index in [1.165, 1.54) is 4.90 Å². The molecule has 1 aliphatic rings. The van der Waals surface area contributed by atoms with Crippen LogP contribution in [0.15, 0.2) is 48.5 Å². The van der Waals surface area contributed by atoms with Gasteiger partial charge in [0.05, 0.1) is 12.3 Å². The van der Waals surface area contributed by atoms with Gasteiger partial charge in [0, 0.05) is 13.0 Å². The summed E-state index contributed by atoms with van der Waals surface area (Å²) in [5.41, 5.74) is 1.97. The van der Waals surface area contributed by atoms with Gasteiger partial charge in [-0.25, -0.2) is 4.79 Å². The number of benzene rings is 2. The van der Waals surface area contributed by atoms with E-state index in [9.17, 15) is 23.3 Å². The minimum absolute atomic E-state index is 0.235. The molecule has 2 aromatic carbocycles. The van der Waals surface area contributed by atoms with Gasteiger partial charge in [-0.15, -0.1) is 0 Å². The number of piperidine rings is 1. The van der Waals surface area contributed by atoms with E-state index in [1.54, 1.807) is 45.0 Å². The number of amides is 2. The van der Waals surface area contributed by atoms with Crippen LogP contribution in [-0.4, -0.2) is 55.8 Å². The van der Waals surface area contributed by atoms with Crippen molar-refractivity contribution >= 4 is 22.1 Å². The summed E-state index contributed by atoms with van der Waals surface area (Å²) in [5.74, 6) is -0.121. The van der Waals surface area contributed by atoms with Gasteiger partial charge in [0.1, 0.15) is 23.4 Å². The Kier molecular flexibility index (Phi) is 8.81. The Morgan fingerprint density at radius 1 is 1.08 bits per heavy atom. The van der Waals surface area contributed by atoms with E-state index in [2.05, 4.69) is 11.4 Å². The largest absolute Gasteiger partial charge is 0.444 e. The van der Waals surface area contributed by atoms with Crippen LogP contribution < -0.4 is 9.50 Å². The molecule has 198 valence electrons. The van der Waals surface area contributed by atoms with E-state index in [-0.39, 0.29) is 11.7 Å². The van der Waals surface area contributed by atoms with Crippen LogP contribution in [0.1, 0.15) is 45.6 Å². The summed E-state index contributed by atoms with van der Waals surface area (Å²) >= 11 is 0. The molecule has 0 bridgehead atoms. The van der Waals surface area contributed by atoms with Crippen LogP contribution in [0, 0.1) is 11.3 Å². The smallest absolute Gasteiger partial charge is 0.410 e. The van der Waals surface area contributed by atoms with Gasteiger partial charge in [-0.05, 0) is 68.9 Å². The highest BCUT2D eigenvalue weighted by atomic mass is 32.2. The predicted molar refractivity (Wildman–Crippen MR) is 139 cm³/mol. The zero-order valence-corrected chi connectivity index (χ0v) is 22.4. The van der Waals surface area contributed by atoms with Crippen LogP contribution in [0.25, 0.3) is 11.1 Å². The van der Waals surface area contributed by atoms with E-state index in [0.29, 0.717) is 19.4 Å². The molecular formula is C27H33N3O6S. The van der Waals surface area contributed by atoms with Gasteiger partial charge in [-0.2, -0.15) is 13.7 Å². The van der Waals surface area contributed by atoms with Gasteiger partial charge < -0.3 is 14.2 Å². The van der Waals surface area contributed by atoms with Gasteiger partial charge in [0.25, 0.3) is 0 Å². The second-order valence-electron chi connectivity index (χ2n) is 10.1. The van der Waals surface area contributed by atoms with Crippen LogP contribution in [0.2, 0.25) is 0 Å². The minimum atomic E-state index is -3.59. The maximum Gasteiger partial charge on any atom is 0.410 e. The Balaban J connectivity index is 1.62. The van der Waals surface area contributed by atoms with E-state index in [1.807, 2.05) is 24.3 Å². The van der Waals surface area contributed by atoms with Gasteiger partial charge in [0.2, 0.25) is 5.91 Å².